The lowest BCUT2D eigenvalue weighted by atomic mass is 9.60. The van der Waals surface area contributed by atoms with Gasteiger partial charge in [-0.3, -0.25) is 9.59 Å². The molecule has 0 aliphatic heterocycles. The maximum absolute atomic E-state index is 11.4. The van der Waals surface area contributed by atoms with E-state index < -0.39 is 5.41 Å². The van der Waals surface area contributed by atoms with Gasteiger partial charge >= 0.3 is 0 Å². The van der Waals surface area contributed by atoms with Crippen molar-refractivity contribution in [2.24, 2.45) is 11.3 Å². The van der Waals surface area contributed by atoms with Crippen LogP contribution in [0.2, 0.25) is 0 Å². The molecule has 3 aliphatic carbocycles. The zero-order chi connectivity index (χ0) is 8.06. The Morgan fingerprint density at radius 1 is 1.27 bits per heavy atom. The molecular formula is C9H12O2. The van der Waals surface area contributed by atoms with Crippen molar-refractivity contribution in [2.45, 2.75) is 32.6 Å². The van der Waals surface area contributed by atoms with E-state index in [2.05, 4.69) is 0 Å². The highest BCUT2D eigenvalue weighted by Crippen LogP contribution is 2.44. The molecule has 0 aromatic carbocycles. The van der Waals surface area contributed by atoms with E-state index in [0.29, 0.717) is 18.8 Å². The Morgan fingerprint density at radius 2 is 1.82 bits per heavy atom. The molecule has 0 heterocycles. The molecule has 2 heteroatoms. The summed E-state index contributed by atoms with van der Waals surface area (Å²) in [6.45, 7) is 1.81. The molecule has 11 heavy (non-hydrogen) atoms. The average molecular weight is 152 g/mol. The van der Waals surface area contributed by atoms with Gasteiger partial charge in [-0.15, -0.1) is 0 Å². The van der Waals surface area contributed by atoms with Gasteiger partial charge in [0.15, 0.2) is 0 Å². The lowest BCUT2D eigenvalue weighted by molar-refractivity contribution is -0.149. The summed E-state index contributed by atoms with van der Waals surface area (Å²) < 4.78 is 0. The molecule has 3 saturated carbocycles. The Morgan fingerprint density at radius 3 is 2.18 bits per heavy atom. The lowest BCUT2D eigenvalue weighted by Crippen LogP contribution is -2.47. The number of Topliss-reactive ketones (excluding diaryl/α,β-unsaturated/α-hetero) is 2. The smallest absolute Gasteiger partial charge is 0.146 e. The van der Waals surface area contributed by atoms with Crippen LogP contribution in [0.3, 0.4) is 0 Å². The van der Waals surface area contributed by atoms with Gasteiger partial charge in [-0.1, -0.05) is 0 Å². The van der Waals surface area contributed by atoms with Gasteiger partial charge in [0.25, 0.3) is 0 Å². The first-order chi connectivity index (χ1) is 5.13. The number of hydrogen-bond donors (Lipinski definition) is 0. The fraction of sp³-hybridized carbons (Fsp3) is 0.778. The Labute approximate surface area is 66.0 Å². The van der Waals surface area contributed by atoms with Crippen LogP contribution in [0.1, 0.15) is 32.6 Å². The van der Waals surface area contributed by atoms with Crippen molar-refractivity contribution in [3.8, 4) is 0 Å². The predicted octanol–water partition coefficient (Wildman–Crippen LogP) is 1.33. The van der Waals surface area contributed by atoms with Crippen LogP contribution in [0.5, 0.6) is 0 Å². The topological polar surface area (TPSA) is 34.1 Å². The lowest BCUT2D eigenvalue weighted by Gasteiger charge is -2.40. The molecule has 0 spiro atoms. The van der Waals surface area contributed by atoms with Gasteiger partial charge in [-0.2, -0.15) is 0 Å². The monoisotopic (exact) mass is 152 g/mol. The molecule has 0 aromatic rings. The number of carbonyl (C=O) groups is 2. The van der Waals surface area contributed by atoms with Crippen molar-refractivity contribution in [3.63, 3.8) is 0 Å². The van der Waals surface area contributed by atoms with Gasteiger partial charge in [0.1, 0.15) is 11.6 Å². The molecule has 2 nitrogen and oxygen atoms in total. The number of fused-ring (bicyclic) bond motifs is 3. The van der Waals surface area contributed by atoms with Crippen LogP contribution in [0.4, 0.5) is 0 Å². The van der Waals surface area contributed by atoms with E-state index >= 15 is 0 Å². The normalized spacial score (nSPS) is 43.2. The van der Waals surface area contributed by atoms with E-state index in [4.69, 9.17) is 0 Å². The van der Waals surface area contributed by atoms with Gasteiger partial charge < -0.3 is 0 Å². The van der Waals surface area contributed by atoms with Gasteiger partial charge in [-0.05, 0) is 25.7 Å². The minimum absolute atomic E-state index is 0.185. The highest BCUT2D eigenvalue weighted by atomic mass is 16.2. The maximum atomic E-state index is 11.4. The van der Waals surface area contributed by atoms with Crippen LogP contribution >= 0.6 is 0 Å². The number of carbonyl (C=O) groups excluding carboxylic acids is 2. The first-order valence-corrected chi connectivity index (χ1v) is 4.19. The Hall–Kier alpha value is -0.660. The van der Waals surface area contributed by atoms with E-state index in [0.717, 1.165) is 12.8 Å². The summed E-state index contributed by atoms with van der Waals surface area (Å²) in [7, 11) is 0. The number of rotatable bonds is 0. The van der Waals surface area contributed by atoms with Crippen LogP contribution in [0.25, 0.3) is 0 Å². The SMILES string of the molecule is CC12CCC(CC1=O)CC2=O. The van der Waals surface area contributed by atoms with E-state index in [1.54, 1.807) is 0 Å². The predicted molar refractivity (Wildman–Crippen MR) is 40.1 cm³/mol. The van der Waals surface area contributed by atoms with Gasteiger partial charge in [0.2, 0.25) is 0 Å². The summed E-state index contributed by atoms with van der Waals surface area (Å²) in [5.74, 6) is 0.756. The fourth-order valence-electron chi connectivity index (χ4n) is 2.18. The molecule has 60 valence electrons. The van der Waals surface area contributed by atoms with E-state index in [1.807, 2.05) is 6.92 Å². The first kappa shape index (κ1) is 7.01. The Balaban J connectivity index is 2.38. The molecule has 0 unspecified atom stereocenters. The van der Waals surface area contributed by atoms with Gasteiger partial charge in [-0.25, -0.2) is 0 Å². The third-order valence-electron chi connectivity index (χ3n) is 3.23. The van der Waals surface area contributed by atoms with Crippen LogP contribution in [0, 0.1) is 11.3 Å². The maximum Gasteiger partial charge on any atom is 0.146 e. The van der Waals surface area contributed by atoms with Crippen molar-refractivity contribution in [3.05, 3.63) is 0 Å². The number of hydrogen-bond acceptors (Lipinski definition) is 2. The second-order valence-corrected chi connectivity index (χ2v) is 3.99. The summed E-state index contributed by atoms with van der Waals surface area (Å²) >= 11 is 0. The van der Waals surface area contributed by atoms with Crippen molar-refractivity contribution in [2.75, 3.05) is 0 Å². The van der Waals surface area contributed by atoms with E-state index in [9.17, 15) is 9.59 Å². The van der Waals surface area contributed by atoms with Crippen LogP contribution < -0.4 is 0 Å². The molecule has 2 bridgehead atoms. The van der Waals surface area contributed by atoms with Crippen molar-refractivity contribution in [1.29, 1.82) is 0 Å². The third kappa shape index (κ3) is 0.784. The second-order valence-electron chi connectivity index (χ2n) is 3.99. The molecule has 0 saturated heterocycles. The molecular weight excluding hydrogens is 140 g/mol. The number of ketones is 2. The highest BCUT2D eigenvalue weighted by Gasteiger charge is 2.49. The van der Waals surface area contributed by atoms with E-state index in [1.165, 1.54) is 0 Å². The Bertz CT molecular complexity index is 212. The molecule has 3 fully saturated rings. The third-order valence-corrected chi connectivity index (χ3v) is 3.23. The van der Waals surface area contributed by atoms with E-state index in [-0.39, 0.29) is 11.6 Å². The molecule has 3 aliphatic rings. The van der Waals surface area contributed by atoms with Crippen molar-refractivity contribution in [1.82, 2.24) is 0 Å². The minimum atomic E-state index is -0.575. The van der Waals surface area contributed by atoms with Gasteiger partial charge in [0, 0.05) is 12.8 Å². The molecule has 0 atom stereocenters. The second kappa shape index (κ2) is 1.93. The van der Waals surface area contributed by atoms with Crippen LogP contribution in [0.15, 0.2) is 0 Å². The first-order valence-electron chi connectivity index (χ1n) is 4.19. The summed E-state index contributed by atoms with van der Waals surface area (Å²) in [6, 6.07) is 0. The Kier molecular flexibility index (Phi) is 1.23. The minimum Gasteiger partial charge on any atom is -0.299 e. The molecule has 0 amide bonds. The fourth-order valence-corrected chi connectivity index (χ4v) is 2.18. The standard InChI is InChI=1S/C9H12O2/c1-9-3-2-6(4-7(9)10)5-8(9)11/h6H,2-5H2,1H3. The highest BCUT2D eigenvalue weighted by molar-refractivity contribution is 6.09. The quantitative estimate of drug-likeness (QED) is 0.491. The average Bonchev–Trinajstić information content (AvgIpc) is 1.94. The van der Waals surface area contributed by atoms with Crippen molar-refractivity contribution >= 4 is 11.6 Å². The zero-order valence-electron chi connectivity index (χ0n) is 6.72. The van der Waals surface area contributed by atoms with Crippen LogP contribution in [-0.2, 0) is 9.59 Å². The summed E-state index contributed by atoms with van der Waals surface area (Å²) in [5, 5.41) is 0. The molecule has 0 radical (unpaired) electrons. The molecule has 0 N–H and O–H groups in total. The summed E-state index contributed by atoms with van der Waals surface area (Å²) in [5.41, 5.74) is -0.575. The largest absolute Gasteiger partial charge is 0.299 e. The zero-order valence-corrected chi connectivity index (χ0v) is 6.72. The summed E-state index contributed by atoms with van der Waals surface area (Å²) in [4.78, 5) is 22.7. The summed E-state index contributed by atoms with van der Waals surface area (Å²) in [6.07, 6.45) is 3.19. The van der Waals surface area contributed by atoms with Crippen molar-refractivity contribution < 1.29 is 9.59 Å². The van der Waals surface area contributed by atoms with Crippen LogP contribution in [-0.4, -0.2) is 11.6 Å². The molecule has 3 rings (SSSR count). The van der Waals surface area contributed by atoms with Gasteiger partial charge in [0.05, 0.1) is 5.41 Å². The molecule has 0 aromatic heterocycles.